The molecule has 0 bridgehead atoms. The third-order valence-electron chi connectivity index (χ3n) is 5.54. The summed E-state index contributed by atoms with van der Waals surface area (Å²) in [6, 6.07) is 14.2. The van der Waals surface area contributed by atoms with Crippen molar-refractivity contribution in [2.24, 2.45) is 0 Å². The van der Waals surface area contributed by atoms with Crippen LogP contribution in [0, 0.1) is 0 Å². The van der Waals surface area contributed by atoms with Crippen LogP contribution in [-0.2, 0) is 24.8 Å². The van der Waals surface area contributed by atoms with Crippen LogP contribution in [0.3, 0.4) is 0 Å². The molecular weight excluding hydrogens is 540 g/mol. The average Bonchev–Trinajstić information content (AvgIpc) is 2.84. The number of rotatable bonds is 7. The number of hydrogen-bond donors (Lipinski definition) is 2. The van der Waals surface area contributed by atoms with Crippen LogP contribution in [0.25, 0.3) is 0 Å². The minimum atomic E-state index is -4.03. The van der Waals surface area contributed by atoms with Gasteiger partial charge in [-0.25, -0.2) is 21.8 Å². The minimum Gasteiger partial charge on any atom is -0.373 e. The molecular formula is C24H25ClN4O6S2. The van der Waals surface area contributed by atoms with Gasteiger partial charge in [-0.1, -0.05) is 11.6 Å². The van der Waals surface area contributed by atoms with Crippen molar-refractivity contribution in [3.05, 3.63) is 77.4 Å². The predicted octanol–water partition coefficient (Wildman–Crippen LogP) is 3.59. The van der Waals surface area contributed by atoms with Crippen molar-refractivity contribution in [2.45, 2.75) is 35.8 Å². The second-order valence-electron chi connectivity index (χ2n) is 8.52. The number of pyridine rings is 1. The number of halogens is 1. The maximum atomic E-state index is 13.0. The highest BCUT2D eigenvalue weighted by atomic mass is 35.5. The number of morpholine rings is 1. The number of carbonyl (C=O) groups is 1. The number of ether oxygens (including phenoxy) is 1. The fraction of sp³-hybridized carbons (Fsp3) is 0.250. The Bertz CT molecular complexity index is 1490. The fourth-order valence-electron chi connectivity index (χ4n) is 3.85. The summed E-state index contributed by atoms with van der Waals surface area (Å²) in [7, 11) is -7.77. The first-order valence-electron chi connectivity index (χ1n) is 11.3. The lowest BCUT2D eigenvalue weighted by atomic mass is 10.2. The third kappa shape index (κ3) is 6.28. The molecule has 1 amide bonds. The van der Waals surface area contributed by atoms with Gasteiger partial charge in [0.25, 0.3) is 15.9 Å². The van der Waals surface area contributed by atoms with Gasteiger partial charge < -0.3 is 10.1 Å². The number of nitrogens with one attached hydrogen (secondary N) is 2. The van der Waals surface area contributed by atoms with Crippen LogP contribution >= 0.6 is 11.6 Å². The number of carbonyl (C=O) groups excluding carboxylic acids is 1. The van der Waals surface area contributed by atoms with Gasteiger partial charge >= 0.3 is 0 Å². The van der Waals surface area contributed by atoms with E-state index in [1.165, 1.54) is 71.2 Å². The molecule has 0 aliphatic carbocycles. The van der Waals surface area contributed by atoms with E-state index in [0.717, 1.165) is 0 Å². The van der Waals surface area contributed by atoms with E-state index in [2.05, 4.69) is 15.0 Å². The summed E-state index contributed by atoms with van der Waals surface area (Å²) in [6.45, 7) is 4.14. The first kappa shape index (κ1) is 27.0. The largest absolute Gasteiger partial charge is 0.373 e. The Labute approximate surface area is 220 Å². The monoisotopic (exact) mass is 564 g/mol. The van der Waals surface area contributed by atoms with E-state index in [0.29, 0.717) is 10.7 Å². The normalized spacial score (nSPS) is 18.8. The van der Waals surface area contributed by atoms with Crippen LogP contribution in [0.5, 0.6) is 0 Å². The van der Waals surface area contributed by atoms with Gasteiger partial charge in [0.15, 0.2) is 5.82 Å². The molecule has 1 aromatic heterocycles. The van der Waals surface area contributed by atoms with Crippen molar-refractivity contribution in [1.29, 1.82) is 0 Å². The standard InChI is InChI=1S/C24H25ClN4O6S2/c1-16-14-29(15-17(2)35-16)37(33,34)21-11-7-19(8-12-21)27-24(30)22-4-3-13-26-23(22)28-36(31,32)20-9-5-18(25)6-10-20/h3-13,16-17H,14-15H2,1-2H3,(H,26,28)(H,27,30). The summed E-state index contributed by atoms with van der Waals surface area (Å²) in [4.78, 5) is 17.0. The van der Waals surface area contributed by atoms with Gasteiger partial charge in [-0.2, -0.15) is 4.31 Å². The Balaban J connectivity index is 1.50. The zero-order chi connectivity index (χ0) is 26.8. The van der Waals surface area contributed by atoms with Crippen LogP contribution in [-0.4, -0.2) is 57.3 Å². The molecule has 0 radical (unpaired) electrons. The number of amides is 1. The van der Waals surface area contributed by atoms with Gasteiger partial charge in [-0.05, 0) is 74.5 Å². The second-order valence-corrected chi connectivity index (χ2v) is 12.6. The number of benzene rings is 2. The van der Waals surface area contributed by atoms with Crippen molar-refractivity contribution >= 4 is 49.1 Å². The lowest BCUT2D eigenvalue weighted by molar-refractivity contribution is -0.0440. The SMILES string of the molecule is CC1CN(S(=O)(=O)c2ccc(NC(=O)c3cccnc3NS(=O)(=O)c3ccc(Cl)cc3)cc2)CC(C)O1. The lowest BCUT2D eigenvalue weighted by Crippen LogP contribution is -2.48. The molecule has 13 heteroatoms. The van der Waals surface area contributed by atoms with Crippen molar-refractivity contribution in [3.63, 3.8) is 0 Å². The Kier molecular flexibility index (Phi) is 7.85. The smallest absolute Gasteiger partial charge is 0.263 e. The first-order chi connectivity index (χ1) is 17.5. The van der Waals surface area contributed by atoms with Crippen LogP contribution < -0.4 is 10.0 Å². The minimum absolute atomic E-state index is 0.0203. The third-order valence-corrected chi connectivity index (χ3v) is 9.00. The number of anilines is 2. The molecule has 2 atom stereocenters. The highest BCUT2D eigenvalue weighted by Crippen LogP contribution is 2.24. The zero-order valence-electron chi connectivity index (χ0n) is 20.0. The molecule has 2 unspecified atom stereocenters. The molecule has 2 heterocycles. The van der Waals surface area contributed by atoms with Gasteiger partial charge in [0, 0.05) is 30.0 Å². The molecule has 1 aliphatic heterocycles. The zero-order valence-corrected chi connectivity index (χ0v) is 22.3. The summed E-state index contributed by atoms with van der Waals surface area (Å²) in [5, 5.41) is 3.02. The molecule has 10 nitrogen and oxygen atoms in total. The maximum Gasteiger partial charge on any atom is 0.263 e. The lowest BCUT2D eigenvalue weighted by Gasteiger charge is -2.34. The van der Waals surface area contributed by atoms with Crippen LogP contribution in [0.2, 0.25) is 5.02 Å². The van der Waals surface area contributed by atoms with Crippen LogP contribution in [0.1, 0.15) is 24.2 Å². The Morgan fingerprint density at radius 2 is 1.54 bits per heavy atom. The molecule has 2 N–H and O–H groups in total. The predicted molar refractivity (Wildman–Crippen MR) is 140 cm³/mol. The second kappa shape index (κ2) is 10.8. The van der Waals surface area contributed by atoms with Gasteiger partial charge in [-0.15, -0.1) is 0 Å². The first-order valence-corrected chi connectivity index (χ1v) is 14.6. The van der Waals surface area contributed by atoms with Gasteiger partial charge in [0.05, 0.1) is 27.6 Å². The molecule has 3 aromatic rings. The Morgan fingerprint density at radius 1 is 0.946 bits per heavy atom. The molecule has 37 heavy (non-hydrogen) atoms. The van der Waals surface area contributed by atoms with Crippen molar-refractivity contribution < 1.29 is 26.4 Å². The van der Waals surface area contributed by atoms with E-state index in [-0.39, 0.29) is 46.5 Å². The van der Waals surface area contributed by atoms with Crippen molar-refractivity contribution in [2.75, 3.05) is 23.1 Å². The van der Waals surface area contributed by atoms with E-state index in [1.807, 2.05) is 13.8 Å². The van der Waals surface area contributed by atoms with Crippen LogP contribution in [0.15, 0.2) is 76.7 Å². The molecule has 2 aromatic carbocycles. The molecule has 196 valence electrons. The van der Waals surface area contributed by atoms with Gasteiger partial charge in [0.1, 0.15) is 0 Å². The fourth-order valence-corrected chi connectivity index (χ4v) is 6.60. The van der Waals surface area contributed by atoms with E-state index >= 15 is 0 Å². The summed E-state index contributed by atoms with van der Waals surface area (Å²) < 4.78 is 60.9. The van der Waals surface area contributed by atoms with E-state index in [9.17, 15) is 21.6 Å². The highest BCUT2D eigenvalue weighted by Gasteiger charge is 2.32. The average molecular weight is 565 g/mol. The number of sulfonamides is 2. The van der Waals surface area contributed by atoms with Gasteiger partial charge in [-0.3, -0.25) is 9.52 Å². The number of nitrogens with zero attached hydrogens (tertiary/aromatic N) is 2. The summed E-state index contributed by atoms with van der Waals surface area (Å²) in [5.41, 5.74) is 0.302. The summed E-state index contributed by atoms with van der Waals surface area (Å²) in [6.07, 6.45) is 0.912. The van der Waals surface area contributed by atoms with E-state index in [4.69, 9.17) is 16.3 Å². The molecule has 1 saturated heterocycles. The topological polar surface area (TPSA) is 135 Å². The maximum absolute atomic E-state index is 13.0. The highest BCUT2D eigenvalue weighted by molar-refractivity contribution is 7.92. The van der Waals surface area contributed by atoms with E-state index in [1.54, 1.807) is 0 Å². The Hall–Kier alpha value is -3.03. The number of hydrogen-bond acceptors (Lipinski definition) is 7. The molecule has 0 spiro atoms. The quantitative estimate of drug-likeness (QED) is 0.448. The summed E-state index contributed by atoms with van der Waals surface area (Å²) >= 11 is 5.83. The van der Waals surface area contributed by atoms with Gasteiger partial charge in [0.2, 0.25) is 10.0 Å². The molecule has 4 rings (SSSR count). The number of aromatic nitrogens is 1. The van der Waals surface area contributed by atoms with E-state index < -0.39 is 26.0 Å². The molecule has 0 saturated carbocycles. The summed E-state index contributed by atoms with van der Waals surface area (Å²) in [5.74, 6) is -0.793. The van der Waals surface area contributed by atoms with Crippen LogP contribution in [0.4, 0.5) is 11.5 Å². The Morgan fingerprint density at radius 3 is 2.16 bits per heavy atom. The van der Waals surface area contributed by atoms with Crippen molar-refractivity contribution in [1.82, 2.24) is 9.29 Å². The molecule has 1 aliphatic rings. The van der Waals surface area contributed by atoms with Crippen molar-refractivity contribution in [3.8, 4) is 0 Å². The molecule has 1 fully saturated rings.